The average Bonchev–Trinajstić information content (AvgIpc) is 2.46. The van der Waals surface area contributed by atoms with E-state index in [0.29, 0.717) is 24.7 Å². The van der Waals surface area contributed by atoms with Gasteiger partial charge in [0.1, 0.15) is 19.0 Å². The molecular weight excluding hydrogens is 294 g/mol. The molecule has 0 unspecified atom stereocenters. The highest BCUT2D eigenvalue weighted by Gasteiger charge is 2.18. The molecule has 1 aromatic carbocycles. The van der Waals surface area contributed by atoms with Crippen molar-refractivity contribution in [3.63, 3.8) is 0 Å². The van der Waals surface area contributed by atoms with Crippen molar-refractivity contribution in [1.29, 1.82) is 0 Å². The molecule has 116 valence electrons. The molecular formula is C14H19NO5S. The van der Waals surface area contributed by atoms with E-state index in [-0.39, 0.29) is 11.8 Å². The summed E-state index contributed by atoms with van der Waals surface area (Å²) in [6, 6.07) is 5.11. The van der Waals surface area contributed by atoms with Crippen LogP contribution in [0.4, 0.5) is 0 Å². The van der Waals surface area contributed by atoms with Crippen LogP contribution in [0.3, 0.4) is 0 Å². The minimum absolute atomic E-state index is 0.0428. The molecule has 0 radical (unpaired) electrons. The van der Waals surface area contributed by atoms with Gasteiger partial charge in [-0.05, 0) is 24.6 Å². The fraction of sp³-hybridized carbons (Fsp3) is 0.500. The lowest BCUT2D eigenvalue weighted by molar-refractivity contribution is -0.119. The lowest BCUT2D eigenvalue weighted by atomic mass is 10.1. The lowest BCUT2D eigenvalue weighted by Gasteiger charge is -2.21. The van der Waals surface area contributed by atoms with Gasteiger partial charge in [0.15, 0.2) is 21.3 Å². The van der Waals surface area contributed by atoms with Crippen molar-refractivity contribution < 1.29 is 22.7 Å². The fourth-order valence-corrected chi connectivity index (χ4v) is 2.68. The van der Waals surface area contributed by atoms with E-state index >= 15 is 0 Å². The van der Waals surface area contributed by atoms with Crippen molar-refractivity contribution in [2.24, 2.45) is 0 Å². The van der Waals surface area contributed by atoms with Gasteiger partial charge in [0.2, 0.25) is 5.91 Å². The predicted molar refractivity (Wildman–Crippen MR) is 78.3 cm³/mol. The maximum absolute atomic E-state index is 11.7. The fourth-order valence-electron chi connectivity index (χ4n) is 2.00. The minimum Gasteiger partial charge on any atom is -0.486 e. The van der Waals surface area contributed by atoms with Gasteiger partial charge in [-0.1, -0.05) is 13.0 Å². The molecule has 1 amide bonds. The average molecular weight is 313 g/mol. The number of fused-ring (bicyclic) bond motifs is 1. The summed E-state index contributed by atoms with van der Waals surface area (Å²) in [4.78, 5) is 11.7. The van der Waals surface area contributed by atoms with Crippen LogP contribution in [0.5, 0.6) is 11.5 Å². The standard InChI is InChI=1S/C14H19NO5S/c1-3-21(17,18)9-14(16)15-10(2)11-4-5-12-13(8-11)20-7-6-19-12/h4-5,8,10H,3,6-7,9H2,1-2H3,(H,15,16)/t10-/m1/s1. The number of amides is 1. The normalized spacial score (nSPS) is 15.3. The Labute approximate surface area is 124 Å². The second-order valence-corrected chi connectivity index (χ2v) is 7.22. The number of carbonyl (C=O) groups is 1. The van der Waals surface area contributed by atoms with Crippen LogP contribution < -0.4 is 14.8 Å². The van der Waals surface area contributed by atoms with Crippen molar-refractivity contribution in [1.82, 2.24) is 5.32 Å². The van der Waals surface area contributed by atoms with Crippen LogP contribution in [0.25, 0.3) is 0 Å². The van der Waals surface area contributed by atoms with Crippen molar-refractivity contribution in [3.05, 3.63) is 23.8 Å². The molecule has 0 aromatic heterocycles. The van der Waals surface area contributed by atoms with Gasteiger partial charge < -0.3 is 14.8 Å². The number of nitrogens with one attached hydrogen (secondary N) is 1. The maximum atomic E-state index is 11.7. The molecule has 0 fully saturated rings. The van der Waals surface area contributed by atoms with Crippen molar-refractivity contribution in [3.8, 4) is 11.5 Å². The highest BCUT2D eigenvalue weighted by molar-refractivity contribution is 7.92. The zero-order valence-corrected chi connectivity index (χ0v) is 12.9. The Morgan fingerprint density at radius 2 is 1.95 bits per heavy atom. The lowest BCUT2D eigenvalue weighted by Crippen LogP contribution is -2.33. The van der Waals surface area contributed by atoms with Gasteiger partial charge in [-0.25, -0.2) is 8.42 Å². The van der Waals surface area contributed by atoms with E-state index in [4.69, 9.17) is 9.47 Å². The summed E-state index contributed by atoms with van der Waals surface area (Å²) in [5.41, 5.74) is 0.835. The number of hydrogen-bond donors (Lipinski definition) is 1. The Balaban J connectivity index is 2.03. The number of rotatable bonds is 5. The molecule has 2 rings (SSSR count). The zero-order valence-electron chi connectivity index (χ0n) is 12.1. The topological polar surface area (TPSA) is 81.7 Å². The minimum atomic E-state index is -3.32. The summed E-state index contributed by atoms with van der Waals surface area (Å²) in [6.45, 7) is 4.33. The number of hydrogen-bond acceptors (Lipinski definition) is 5. The Bertz CT molecular complexity index is 626. The summed E-state index contributed by atoms with van der Waals surface area (Å²) in [6.07, 6.45) is 0. The predicted octanol–water partition coefficient (Wildman–Crippen LogP) is 1.07. The van der Waals surface area contributed by atoms with E-state index < -0.39 is 21.5 Å². The first-order chi connectivity index (χ1) is 9.91. The van der Waals surface area contributed by atoms with E-state index in [1.54, 1.807) is 19.1 Å². The second kappa shape index (κ2) is 6.34. The molecule has 0 aliphatic carbocycles. The first-order valence-electron chi connectivity index (χ1n) is 6.80. The summed E-state index contributed by atoms with van der Waals surface area (Å²) in [5, 5.41) is 2.68. The van der Waals surface area contributed by atoms with E-state index in [1.807, 2.05) is 6.07 Å². The van der Waals surface area contributed by atoms with E-state index in [1.165, 1.54) is 6.92 Å². The van der Waals surface area contributed by atoms with Crippen molar-refractivity contribution in [2.75, 3.05) is 24.7 Å². The van der Waals surface area contributed by atoms with Crippen LogP contribution >= 0.6 is 0 Å². The van der Waals surface area contributed by atoms with Crippen LogP contribution in [0.15, 0.2) is 18.2 Å². The first-order valence-corrected chi connectivity index (χ1v) is 8.63. The van der Waals surface area contributed by atoms with Crippen molar-refractivity contribution in [2.45, 2.75) is 19.9 Å². The third-order valence-corrected chi connectivity index (χ3v) is 4.82. The number of benzene rings is 1. The van der Waals surface area contributed by atoms with Crippen LogP contribution in [-0.4, -0.2) is 39.0 Å². The largest absolute Gasteiger partial charge is 0.486 e. The van der Waals surface area contributed by atoms with Crippen molar-refractivity contribution >= 4 is 15.7 Å². The van der Waals surface area contributed by atoms with Crippen LogP contribution in [0.2, 0.25) is 0 Å². The zero-order chi connectivity index (χ0) is 15.5. The maximum Gasteiger partial charge on any atom is 0.235 e. The molecule has 0 saturated carbocycles. The molecule has 1 aliphatic heterocycles. The molecule has 7 heteroatoms. The van der Waals surface area contributed by atoms with Gasteiger partial charge >= 0.3 is 0 Å². The van der Waals surface area contributed by atoms with Crippen LogP contribution in [0.1, 0.15) is 25.5 Å². The quantitative estimate of drug-likeness (QED) is 0.879. The molecule has 1 aromatic rings. The van der Waals surface area contributed by atoms with E-state index in [2.05, 4.69) is 5.32 Å². The third kappa shape index (κ3) is 4.10. The van der Waals surface area contributed by atoms with E-state index in [9.17, 15) is 13.2 Å². The Hall–Kier alpha value is -1.76. The molecule has 0 spiro atoms. The van der Waals surface area contributed by atoms with Gasteiger partial charge in [0, 0.05) is 5.75 Å². The number of sulfone groups is 1. The number of ether oxygens (including phenoxy) is 2. The van der Waals surface area contributed by atoms with Crippen LogP contribution in [0, 0.1) is 0 Å². The summed E-state index contributed by atoms with van der Waals surface area (Å²) >= 11 is 0. The molecule has 21 heavy (non-hydrogen) atoms. The Morgan fingerprint density at radius 3 is 2.62 bits per heavy atom. The van der Waals surface area contributed by atoms with Gasteiger partial charge in [0.05, 0.1) is 6.04 Å². The van der Waals surface area contributed by atoms with Gasteiger partial charge in [0.25, 0.3) is 0 Å². The second-order valence-electron chi connectivity index (χ2n) is 4.87. The summed E-state index contributed by atoms with van der Waals surface area (Å²) in [5.74, 6) is 0.286. The Kier molecular flexibility index (Phi) is 4.72. The SMILES string of the molecule is CCS(=O)(=O)CC(=O)N[C@H](C)c1ccc2c(c1)OCCO2. The monoisotopic (exact) mass is 313 g/mol. The summed E-state index contributed by atoms with van der Waals surface area (Å²) < 4.78 is 33.8. The van der Waals surface area contributed by atoms with Crippen LogP contribution in [-0.2, 0) is 14.6 Å². The molecule has 1 heterocycles. The molecule has 1 N–H and O–H groups in total. The molecule has 6 nitrogen and oxygen atoms in total. The first kappa shape index (κ1) is 15.6. The summed E-state index contributed by atoms with van der Waals surface area (Å²) in [7, 11) is -3.32. The third-order valence-electron chi connectivity index (χ3n) is 3.23. The molecule has 0 bridgehead atoms. The Morgan fingerprint density at radius 1 is 1.29 bits per heavy atom. The van der Waals surface area contributed by atoms with E-state index in [0.717, 1.165) is 5.56 Å². The van der Waals surface area contributed by atoms with Gasteiger partial charge in [-0.3, -0.25) is 4.79 Å². The molecule has 1 aliphatic rings. The number of carbonyl (C=O) groups excluding carboxylic acids is 1. The highest BCUT2D eigenvalue weighted by Crippen LogP contribution is 2.32. The highest BCUT2D eigenvalue weighted by atomic mass is 32.2. The van der Waals surface area contributed by atoms with Gasteiger partial charge in [-0.15, -0.1) is 0 Å². The van der Waals surface area contributed by atoms with Gasteiger partial charge in [-0.2, -0.15) is 0 Å². The smallest absolute Gasteiger partial charge is 0.235 e. The molecule has 0 saturated heterocycles. The molecule has 1 atom stereocenters.